The Labute approximate surface area is 167 Å². The van der Waals surface area contributed by atoms with Gasteiger partial charge in [-0.1, -0.05) is 0 Å². The molecule has 1 fully saturated rings. The van der Waals surface area contributed by atoms with E-state index in [9.17, 15) is 13.2 Å². The van der Waals surface area contributed by atoms with Crippen LogP contribution in [0.5, 0.6) is 5.75 Å². The average Bonchev–Trinajstić information content (AvgIpc) is 2.64. The lowest BCUT2D eigenvalue weighted by Crippen LogP contribution is -2.47. The fourth-order valence-electron chi connectivity index (χ4n) is 2.74. The fraction of sp³-hybridized carbons (Fsp3) is 0.632. The minimum absolute atomic E-state index is 0.0632. The number of nitrogens with zero attached hydrogens (tertiary/aromatic N) is 1. The average molecular weight is 415 g/mol. The van der Waals surface area contributed by atoms with Gasteiger partial charge in [-0.15, -0.1) is 0 Å². The molecule has 8 nitrogen and oxygen atoms in total. The van der Waals surface area contributed by atoms with Crippen molar-refractivity contribution in [2.24, 2.45) is 0 Å². The van der Waals surface area contributed by atoms with Gasteiger partial charge in [-0.3, -0.25) is 9.69 Å². The molecule has 0 aromatic heterocycles. The molecule has 0 aliphatic carbocycles. The second-order valence-electron chi connectivity index (χ2n) is 7.63. The van der Waals surface area contributed by atoms with Crippen LogP contribution in [-0.4, -0.2) is 70.9 Å². The van der Waals surface area contributed by atoms with Crippen molar-refractivity contribution in [2.75, 3.05) is 40.0 Å². The molecule has 1 aromatic rings. The fourth-order valence-corrected chi connectivity index (χ4v) is 3.96. The topological polar surface area (TPSA) is 94.2 Å². The van der Waals surface area contributed by atoms with E-state index in [2.05, 4.69) is 9.62 Å². The number of morpholine rings is 1. The highest BCUT2D eigenvalue weighted by atomic mass is 32.2. The summed E-state index contributed by atoms with van der Waals surface area (Å²) in [4.78, 5) is 14.8. The highest BCUT2D eigenvalue weighted by Crippen LogP contribution is 2.17. The maximum atomic E-state index is 12.8. The summed E-state index contributed by atoms with van der Waals surface area (Å²) in [7, 11) is -2.38. The number of sulfonamides is 1. The van der Waals surface area contributed by atoms with Crippen LogP contribution in [0.4, 0.5) is 0 Å². The van der Waals surface area contributed by atoms with Gasteiger partial charge in [-0.2, -0.15) is 4.72 Å². The lowest BCUT2D eigenvalue weighted by atomic mass is 10.1. The molecule has 0 spiro atoms. The summed E-state index contributed by atoms with van der Waals surface area (Å²) in [6, 6.07) is 5.02. The van der Waals surface area contributed by atoms with E-state index in [0.717, 1.165) is 13.1 Å². The molecular formula is C19H30N2O6S. The molecule has 1 aromatic carbocycles. The lowest BCUT2D eigenvalue weighted by molar-refractivity contribution is -0.157. The van der Waals surface area contributed by atoms with E-state index in [0.29, 0.717) is 31.9 Å². The second kappa shape index (κ2) is 9.69. The Kier molecular flexibility index (Phi) is 7.82. The summed E-state index contributed by atoms with van der Waals surface area (Å²) in [5.74, 6) is -0.0344. The Bertz CT molecular complexity index is 737. The number of benzene rings is 1. The highest BCUT2D eigenvalue weighted by Gasteiger charge is 2.30. The van der Waals surface area contributed by atoms with E-state index in [1.807, 2.05) is 0 Å². The van der Waals surface area contributed by atoms with Crippen LogP contribution in [0, 0.1) is 0 Å². The third kappa shape index (κ3) is 7.05. The normalized spacial score (nSPS) is 17.1. The zero-order chi connectivity index (χ0) is 20.8. The monoisotopic (exact) mass is 414 g/mol. The third-order valence-electron chi connectivity index (χ3n) is 4.20. The molecule has 158 valence electrons. The van der Waals surface area contributed by atoms with E-state index < -0.39 is 27.6 Å². The number of methoxy groups -OCH3 is 1. The predicted octanol–water partition coefficient (Wildman–Crippen LogP) is 1.41. The van der Waals surface area contributed by atoms with Crippen molar-refractivity contribution < 1.29 is 27.4 Å². The number of carbonyl (C=O) groups excluding carboxylic acids is 1. The number of carbonyl (C=O) groups is 1. The highest BCUT2D eigenvalue weighted by molar-refractivity contribution is 7.89. The van der Waals surface area contributed by atoms with Crippen LogP contribution in [0.25, 0.3) is 0 Å². The number of nitrogens with one attached hydrogen (secondary N) is 1. The molecule has 1 N–H and O–H groups in total. The molecule has 1 unspecified atom stereocenters. The maximum absolute atomic E-state index is 12.8. The van der Waals surface area contributed by atoms with Crippen LogP contribution in [0.2, 0.25) is 0 Å². The van der Waals surface area contributed by atoms with Gasteiger partial charge < -0.3 is 14.2 Å². The Balaban J connectivity index is 2.12. The standard InChI is InChI=1S/C19H30N2O6S/c1-19(2,3)27-18(22)17(9-10-21-11-13-26-14-12-21)20-28(23,24)16-7-5-15(25-4)6-8-16/h5-8,17,20H,9-14H2,1-4H3. The number of rotatable bonds is 8. The number of esters is 1. The van der Waals surface area contributed by atoms with Gasteiger partial charge in [0.2, 0.25) is 10.0 Å². The molecule has 1 atom stereocenters. The Morgan fingerprint density at radius 3 is 2.36 bits per heavy atom. The molecule has 28 heavy (non-hydrogen) atoms. The number of ether oxygens (including phenoxy) is 3. The largest absolute Gasteiger partial charge is 0.497 e. The van der Waals surface area contributed by atoms with Crippen molar-refractivity contribution in [1.82, 2.24) is 9.62 Å². The maximum Gasteiger partial charge on any atom is 0.324 e. The van der Waals surface area contributed by atoms with Crippen LogP contribution in [-0.2, 0) is 24.3 Å². The minimum atomic E-state index is -3.89. The Morgan fingerprint density at radius 1 is 1.21 bits per heavy atom. The van der Waals surface area contributed by atoms with Crippen LogP contribution < -0.4 is 9.46 Å². The van der Waals surface area contributed by atoms with Gasteiger partial charge in [-0.25, -0.2) is 8.42 Å². The van der Waals surface area contributed by atoms with Crippen LogP contribution in [0.1, 0.15) is 27.2 Å². The van der Waals surface area contributed by atoms with Gasteiger partial charge >= 0.3 is 5.97 Å². The Hall–Kier alpha value is -1.68. The van der Waals surface area contributed by atoms with Crippen LogP contribution >= 0.6 is 0 Å². The van der Waals surface area contributed by atoms with Gasteiger partial charge in [0.05, 0.1) is 25.2 Å². The molecule has 0 amide bonds. The third-order valence-corrected chi connectivity index (χ3v) is 5.68. The molecule has 1 aliphatic heterocycles. The first-order chi connectivity index (χ1) is 13.1. The summed E-state index contributed by atoms with van der Waals surface area (Å²) in [5, 5.41) is 0. The summed E-state index contributed by atoms with van der Waals surface area (Å²) in [6.45, 7) is 8.60. The zero-order valence-electron chi connectivity index (χ0n) is 16.9. The van der Waals surface area contributed by atoms with Gasteiger partial charge in [0.15, 0.2) is 0 Å². The Morgan fingerprint density at radius 2 is 1.82 bits per heavy atom. The van der Waals surface area contributed by atoms with E-state index in [1.54, 1.807) is 32.9 Å². The molecular weight excluding hydrogens is 384 g/mol. The van der Waals surface area contributed by atoms with Crippen LogP contribution in [0.15, 0.2) is 29.2 Å². The van der Waals surface area contributed by atoms with Gasteiger partial charge in [0.25, 0.3) is 0 Å². The quantitative estimate of drug-likeness (QED) is 0.643. The van der Waals surface area contributed by atoms with Crippen molar-refractivity contribution >= 4 is 16.0 Å². The molecule has 1 aliphatic rings. The zero-order valence-corrected chi connectivity index (χ0v) is 17.8. The minimum Gasteiger partial charge on any atom is -0.497 e. The summed E-state index contributed by atoms with van der Waals surface area (Å²) < 4.78 is 43.9. The smallest absolute Gasteiger partial charge is 0.324 e. The molecule has 0 radical (unpaired) electrons. The van der Waals surface area contributed by atoms with Crippen molar-refractivity contribution in [3.05, 3.63) is 24.3 Å². The summed E-state index contributed by atoms with van der Waals surface area (Å²) in [5.41, 5.74) is -0.708. The predicted molar refractivity (Wildman–Crippen MR) is 105 cm³/mol. The number of hydrogen-bond acceptors (Lipinski definition) is 7. The molecule has 2 rings (SSSR count). The first-order valence-electron chi connectivity index (χ1n) is 9.30. The molecule has 9 heteroatoms. The number of hydrogen-bond donors (Lipinski definition) is 1. The molecule has 1 saturated heterocycles. The van der Waals surface area contributed by atoms with Crippen molar-refractivity contribution in [3.63, 3.8) is 0 Å². The van der Waals surface area contributed by atoms with Crippen molar-refractivity contribution in [2.45, 2.75) is 43.7 Å². The summed E-state index contributed by atoms with van der Waals surface area (Å²) in [6.07, 6.45) is 0.310. The van der Waals surface area contributed by atoms with Crippen molar-refractivity contribution in [3.8, 4) is 5.75 Å². The first-order valence-corrected chi connectivity index (χ1v) is 10.8. The SMILES string of the molecule is COc1ccc(S(=O)(=O)NC(CCN2CCOCC2)C(=O)OC(C)(C)C)cc1. The van der Waals surface area contributed by atoms with E-state index in [-0.39, 0.29) is 4.90 Å². The lowest BCUT2D eigenvalue weighted by Gasteiger charge is -2.29. The molecule has 1 heterocycles. The van der Waals surface area contributed by atoms with E-state index in [4.69, 9.17) is 14.2 Å². The van der Waals surface area contributed by atoms with Gasteiger partial charge in [-0.05, 0) is 51.5 Å². The van der Waals surface area contributed by atoms with Gasteiger partial charge in [0.1, 0.15) is 17.4 Å². The van der Waals surface area contributed by atoms with E-state index >= 15 is 0 Å². The molecule has 0 bridgehead atoms. The van der Waals surface area contributed by atoms with Crippen molar-refractivity contribution in [1.29, 1.82) is 0 Å². The van der Waals surface area contributed by atoms with Crippen LogP contribution in [0.3, 0.4) is 0 Å². The second-order valence-corrected chi connectivity index (χ2v) is 9.34. The molecule has 0 saturated carbocycles. The van der Waals surface area contributed by atoms with E-state index in [1.165, 1.54) is 19.2 Å². The first kappa shape index (κ1) is 22.6. The summed E-state index contributed by atoms with van der Waals surface area (Å²) >= 11 is 0. The van der Waals surface area contributed by atoms with Gasteiger partial charge in [0, 0.05) is 19.6 Å².